The average Bonchev–Trinajstić information content (AvgIpc) is 2.88. The van der Waals surface area contributed by atoms with Crippen LogP contribution in [-0.4, -0.2) is 22.3 Å². The predicted molar refractivity (Wildman–Crippen MR) is 78.3 cm³/mol. The van der Waals surface area contributed by atoms with E-state index < -0.39 is 0 Å². The number of halogens is 2. The lowest BCUT2D eigenvalue weighted by atomic mass is 10.0. The van der Waals surface area contributed by atoms with Crippen molar-refractivity contribution in [1.29, 1.82) is 0 Å². The Kier molecular flexibility index (Phi) is 3.49. The molecule has 0 spiro atoms. The van der Waals surface area contributed by atoms with Gasteiger partial charge in [-0.25, -0.2) is 4.39 Å². The Morgan fingerprint density at radius 3 is 3.05 bits per heavy atom. The summed E-state index contributed by atoms with van der Waals surface area (Å²) < 4.78 is 22.2. The summed E-state index contributed by atoms with van der Waals surface area (Å²) in [5, 5.41) is 0. The van der Waals surface area contributed by atoms with Crippen molar-refractivity contribution in [3.8, 4) is 0 Å². The van der Waals surface area contributed by atoms with Gasteiger partial charge < -0.3 is 14.3 Å². The molecule has 19 heavy (non-hydrogen) atoms. The molecular formula is C13H14BrFN2OS. The zero-order valence-electron chi connectivity index (χ0n) is 10.5. The fourth-order valence-corrected chi connectivity index (χ4v) is 3.20. The molecule has 1 saturated heterocycles. The van der Waals surface area contributed by atoms with Gasteiger partial charge in [0.1, 0.15) is 5.82 Å². The number of fused-ring (bicyclic) bond motifs is 1. The van der Waals surface area contributed by atoms with Crippen molar-refractivity contribution in [2.75, 3.05) is 6.61 Å². The molecule has 2 aromatic rings. The number of aromatic nitrogens is 2. The third kappa shape index (κ3) is 2.37. The largest absolute Gasteiger partial charge is 0.378 e. The summed E-state index contributed by atoms with van der Waals surface area (Å²) in [4.78, 5) is 3.06. The lowest BCUT2D eigenvalue weighted by Crippen LogP contribution is -2.17. The predicted octanol–water partition coefficient (Wildman–Crippen LogP) is 4.03. The van der Waals surface area contributed by atoms with Crippen molar-refractivity contribution in [2.45, 2.75) is 26.0 Å². The lowest BCUT2D eigenvalue weighted by Gasteiger charge is -2.15. The molecule has 0 amide bonds. The molecule has 3 rings (SSSR count). The van der Waals surface area contributed by atoms with Gasteiger partial charge in [0.05, 0.1) is 21.6 Å². The van der Waals surface area contributed by atoms with Gasteiger partial charge in [-0.2, -0.15) is 0 Å². The second-order valence-electron chi connectivity index (χ2n) is 4.95. The van der Waals surface area contributed by atoms with E-state index in [1.807, 2.05) is 4.57 Å². The molecule has 1 aromatic heterocycles. The quantitative estimate of drug-likeness (QED) is 0.833. The molecular weight excluding hydrogens is 331 g/mol. The second kappa shape index (κ2) is 5.00. The molecule has 2 unspecified atom stereocenters. The van der Waals surface area contributed by atoms with Gasteiger partial charge in [0, 0.05) is 25.1 Å². The Labute approximate surface area is 123 Å². The Morgan fingerprint density at radius 2 is 2.37 bits per heavy atom. The maximum absolute atomic E-state index is 13.5. The van der Waals surface area contributed by atoms with E-state index in [1.54, 1.807) is 6.07 Å². The highest BCUT2D eigenvalue weighted by Gasteiger charge is 2.25. The van der Waals surface area contributed by atoms with Crippen LogP contribution in [-0.2, 0) is 11.3 Å². The van der Waals surface area contributed by atoms with Crippen molar-refractivity contribution in [3.05, 3.63) is 27.2 Å². The highest BCUT2D eigenvalue weighted by molar-refractivity contribution is 9.10. The number of hydrogen-bond donors (Lipinski definition) is 1. The van der Waals surface area contributed by atoms with Gasteiger partial charge >= 0.3 is 0 Å². The van der Waals surface area contributed by atoms with E-state index in [2.05, 4.69) is 27.8 Å². The van der Waals surface area contributed by atoms with Crippen LogP contribution in [0.15, 0.2) is 16.6 Å². The van der Waals surface area contributed by atoms with Crippen LogP contribution < -0.4 is 0 Å². The van der Waals surface area contributed by atoms with Crippen LogP contribution in [0.1, 0.15) is 13.3 Å². The standard InChI is InChI=1S/C13H14BrFN2OS/c1-7-8(2-3-18-7)6-17-12-4-9(14)10(15)5-11(12)16-13(17)19/h4-5,7-8H,2-3,6H2,1H3,(H,16,19). The number of ether oxygens (including phenoxy) is 1. The number of H-pyrrole nitrogens is 1. The van der Waals surface area contributed by atoms with E-state index in [0.717, 1.165) is 30.6 Å². The zero-order valence-corrected chi connectivity index (χ0v) is 12.9. The van der Waals surface area contributed by atoms with Gasteiger partial charge in [-0.1, -0.05) is 0 Å². The van der Waals surface area contributed by atoms with Crippen molar-refractivity contribution < 1.29 is 9.13 Å². The molecule has 3 nitrogen and oxygen atoms in total. The molecule has 1 aliphatic rings. The summed E-state index contributed by atoms with van der Waals surface area (Å²) >= 11 is 8.56. The third-order valence-electron chi connectivity index (χ3n) is 3.77. The van der Waals surface area contributed by atoms with Crippen molar-refractivity contribution in [3.63, 3.8) is 0 Å². The maximum atomic E-state index is 13.5. The van der Waals surface area contributed by atoms with Gasteiger partial charge in [0.2, 0.25) is 0 Å². The van der Waals surface area contributed by atoms with E-state index in [9.17, 15) is 4.39 Å². The van der Waals surface area contributed by atoms with Crippen molar-refractivity contribution >= 4 is 39.2 Å². The first-order chi connectivity index (χ1) is 9.06. The van der Waals surface area contributed by atoms with Gasteiger partial charge in [-0.3, -0.25) is 0 Å². The average molecular weight is 345 g/mol. The first kappa shape index (κ1) is 13.3. The van der Waals surface area contributed by atoms with Gasteiger partial charge in [-0.15, -0.1) is 0 Å². The number of nitrogens with one attached hydrogen (secondary N) is 1. The summed E-state index contributed by atoms with van der Waals surface area (Å²) in [6.07, 6.45) is 1.29. The van der Waals surface area contributed by atoms with E-state index >= 15 is 0 Å². The molecule has 1 aromatic carbocycles. The normalized spacial score (nSPS) is 23.3. The lowest BCUT2D eigenvalue weighted by molar-refractivity contribution is 0.102. The molecule has 1 fully saturated rings. The van der Waals surface area contributed by atoms with Crippen molar-refractivity contribution in [1.82, 2.24) is 9.55 Å². The molecule has 0 aliphatic carbocycles. The number of aromatic amines is 1. The molecule has 1 aliphatic heterocycles. The number of nitrogens with zero attached hydrogens (tertiary/aromatic N) is 1. The highest BCUT2D eigenvalue weighted by Crippen LogP contribution is 2.27. The minimum atomic E-state index is -0.284. The summed E-state index contributed by atoms with van der Waals surface area (Å²) in [6.45, 7) is 3.70. The summed E-state index contributed by atoms with van der Waals surface area (Å²) in [7, 11) is 0. The first-order valence-electron chi connectivity index (χ1n) is 6.25. The molecule has 102 valence electrons. The molecule has 2 heterocycles. The Hall–Kier alpha value is -0.720. The van der Waals surface area contributed by atoms with E-state index in [4.69, 9.17) is 17.0 Å². The summed E-state index contributed by atoms with van der Waals surface area (Å²) in [5.74, 6) is 0.169. The van der Waals surface area contributed by atoms with Crippen LogP contribution >= 0.6 is 28.1 Å². The number of rotatable bonds is 2. The number of benzene rings is 1. The van der Waals surface area contributed by atoms with E-state index in [-0.39, 0.29) is 11.9 Å². The van der Waals surface area contributed by atoms with E-state index in [0.29, 0.717) is 15.2 Å². The summed E-state index contributed by atoms with van der Waals surface area (Å²) in [6, 6.07) is 3.25. The van der Waals surface area contributed by atoms with E-state index in [1.165, 1.54) is 6.07 Å². The Bertz CT molecular complexity index is 681. The smallest absolute Gasteiger partial charge is 0.178 e. The van der Waals surface area contributed by atoms with Crippen LogP contribution in [0.3, 0.4) is 0 Å². The first-order valence-corrected chi connectivity index (χ1v) is 7.45. The molecule has 1 N–H and O–H groups in total. The van der Waals surface area contributed by atoms with Crippen LogP contribution in [0.25, 0.3) is 11.0 Å². The van der Waals surface area contributed by atoms with Crippen LogP contribution in [0.2, 0.25) is 0 Å². The zero-order chi connectivity index (χ0) is 13.6. The molecule has 0 bridgehead atoms. The molecule has 2 atom stereocenters. The van der Waals surface area contributed by atoms with Crippen LogP contribution in [0.5, 0.6) is 0 Å². The SMILES string of the molecule is CC1OCCC1Cn1c(=S)[nH]c2cc(F)c(Br)cc21. The minimum absolute atomic E-state index is 0.246. The fourth-order valence-electron chi connectivity index (χ4n) is 2.58. The fraction of sp³-hybridized carbons (Fsp3) is 0.462. The highest BCUT2D eigenvalue weighted by atomic mass is 79.9. The second-order valence-corrected chi connectivity index (χ2v) is 6.19. The molecule has 6 heteroatoms. The monoisotopic (exact) mass is 344 g/mol. The number of imidazole rings is 1. The van der Waals surface area contributed by atoms with Gasteiger partial charge in [0.25, 0.3) is 0 Å². The molecule has 0 saturated carbocycles. The number of hydrogen-bond acceptors (Lipinski definition) is 2. The third-order valence-corrected chi connectivity index (χ3v) is 4.70. The Morgan fingerprint density at radius 1 is 1.58 bits per heavy atom. The van der Waals surface area contributed by atoms with Gasteiger partial charge in [0.15, 0.2) is 4.77 Å². The van der Waals surface area contributed by atoms with Crippen LogP contribution in [0.4, 0.5) is 4.39 Å². The maximum Gasteiger partial charge on any atom is 0.178 e. The minimum Gasteiger partial charge on any atom is -0.378 e. The summed E-state index contributed by atoms with van der Waals surface area (Å²) in [5.41, 5.74) is 1.66. The Balaban J connectivity index is 2.05. The van der Waals surface area contributed by atoms with Crippen LogP contribution in [0, 0.1) is 16.5 Å². The van der Waals surface area contributed by atoms with Gasteiger partial charge in [-0.05, 0) is 47.6 Å². The molecule has 0 radical (unpaired) electrons. The topological polar surface area (TPSA) is 29.9 Å². The van der Waals surface area contributed by atoms with Crippen molar-refractivity contribution in [2.24, 2.45) is 5.92 Å².